The summed E-state index contributed by atoms with van der Waals surface area (Å²) in [5.74, 6) is 1.04. The number of para-hydroxylation sites is 1. The average Bonchev–Trinajstić information content (AvgIpc) is 3.25. The van der Waals surface area contributed by atoms with Crippen LogP contribution in [0.15, 0.2) is 18.2 Å². The summed E-state index contributed by atoms with van der Waals surface area (Å²) in [6.45, 7) is 8.02. The summed E-state index contributed by atoms with van der Waals surface area (Å²) in [5, 5.41) is 13.0. The minimum atomic E-state index is 0.0298. The fourth-order valence-electron chi connectivity index (χ4n) is 4.59. The van der Waals surface area contributed by atoms with Crippen LogP contribution in [0.25, 0.3) is 5.69 Å². The van der Waals surface area contributed by atoms with Gasteiger partial charge in [-0.25, -0.2) is 0 Å². The van der Waals surface area contributed by atoms with Gasteiger partial charge in [0.05, 0.1) is 18.9 Å². The number of rotatable bonds is 3. The first-order valence-corrected chi connectivity index (χ1v) is 9.01. The number of hydrogen-bond acceptors (Lipinski definition) is 4. The number of hydrogen-bond donors (Lipinski definition) is 1. The van der Waals surface area contributed by atoms with Crippen LogP contribution in [0.3, 0.4) is 0 Å². The molecule has 0 amide bonds. The average molecular weight is 328 g/mol. The summed E-state index contributed by atoms with van der Waals surface area (Å²) in [4.78, 5) is 1.59. The molecule has 0 bridgehead atoms. The zero-order chi connectivity index (χ0) is 16.6. The molecule has 128 valence electrons. The van der Waals surface area contributed by atoms with Gasteiger partial charge in [-0.05, 0) is 48.2 Å². The molecular weight excluding hydrogens is 302 g/mol. The molecule has 2 fully saturated rings. The Bertz CT molecular complexity index is 694. The van der Waals surface area contributed by atoms with E-state index in [9.17, 15) is 0 Å². The largest absolute Gasteiger partial charge is 0.370 e. The molecule has 1 N–H and O–H groups in total. The van der Waals surface area contributed by atoms with Gasteiger partial charge in [0.2, 0.25) is 5.82 Å². The highest BCUT2D eigenvalue weighted by molar-refractivity contribution is 5.46. The van der Waals surface area contributed by atoms with Crippen molar-refractivity contribution in [3.05, 3.63) is 35.2 Å². The molecule has 6 nitrogen and oxygen atoms in total. The number of nitrogens with one attached hydrogen (secondary N) is 1. The van der Waals surface area contributed by atoms with Crippen molar-refractivity contribution in [2.75, 3.05) is 26.3 Å². The van der Waals surface area contributed by atoms with E-state index in [0.717, 1.165) is 50.7 Å². The van der Waals surface area contributed by atoms with Crippen LogP contribution < -0.4 is 4.90 Å². The molecule has 1 saturated heterocycles. The van der Waals surface area contributed by atoms with Crippen LogP contribution >= 0.6 is 0 Å². The Kier molecular flexibility index (Phi) is 4.10. The molecule has 1 aromatic carbocycles. The molecule has 0 atom stereocenters. The molecule has 1 aliphatic heterocycles. The van der Waals surface area contributed by atoms with Crippen LogP contribution in [0, 0.1) is 13.8 Å². The highest BCUT2D eigenvalue weighted by Crippen LogP contribution is 2.36. The lowest BCUT2D eigenvalue weighted by atomic mass is 9.92. The van der Waals surface area contributed by atoms with Gasteiger partial charge in [-0.15, -0.1) is 5.10 Å². The van der Waals surface area contributed by atoms with E-state index >= 15 is 0 Å². The number of aromatic nitrogens is 4. The normalized spacial score (nSPS) is 21.2. The van der Waals surface area contributed by atoms with E-state index in [-0.39, 0.29) is 5.54 Å². The molecule has 2 aliphatic rings. The molecule has 24 heavy (non-hydrogen) atoms. The molecule has 0 spiro atoms. The summed E-state index contributed by atoms with van der Waals surface area (Å²) in [5.41, 5.74) is 3.60. The number of aryl methyl sites for hydroxylation is 2. The lowest BCUT2D eigenvalue weighted by Gasteiger charge is -2.39. The van der Waals surface area contributed by atoms with Gasteiger partial charge >= 0.3 is 0 Å². The molecule has 6 heteroatoms. The van der Waals surface area contributed by atoms with Gasteiger partial charge in [-0.1, -0.05) is 18.2 Å². The molecule has 2 heterocycles. The van der Waals surface area contributed by atoms with Crippen molar-refractivity contribution in [2.24, 2.45) is 0 Å². The molecule has 1 saturated carbocycles. The Labute approximate surface area is 142 Å². The van der Waals surface area contributed by atoms with Crippen molar-refractivity contribution in [1.82, 2.24) is 20.2 Å². The van der Waals surface area contributed by atoms with Crippen molar-refractivity contribution in [1.29, 1.82) is 0 Å². The first-order valence-electron chi connectivity index (χ1n) is 9.01. The van der Waals surface area contributed by atoms with Gasteiger partial charge in [0, 0.05) is 12.8 Å². The highest BCUT2D eigenvalue weighted by Gasteiger charge is 2.50. The van der Waals surface area contributed by atoms with Crippen LogP contribution in [0.4, 0.5) is 0 Å². The molecule has 2 aromatic rings. The quantitative estimate of drug-likeness (QED) is 0.912. The van der Waals surface area contributed by atoms with Crippen molar-refractivity contribution < 1.29 is 9.64 Å². The second kappa shape index (κ2) is 6.26. The molecular formula is C18H26N5O+. The summed E-state index contributed by atoms with van der Waals surface area (Å²) in [7, 11) is 0. The molecule has 4 rings (SSSR count). The van der Waals surface area contributed by atoms with Crippen molar-refractivity contribution >= 4 is 0 Å². The zero-order valence-electron chi connectivity index (χ0n) is 14.6. The number of nitrogens with zero attached hydrogens (tertiary/aromatic N) is 4. The fraction of sp³-hybridized carbons (Fsp3) is 0.611. The SMILES string of the molecule is Cc1cccc(C)c1-n1nnnc1C1([NH+]2CCOCC2)CCCC1. The van der Waals surface area contributed by atoms with E-state index in [1.807, 2.05) is 4.68 Å². The van der Waals surface area contributed by atoms with Crippen LogP contribution in [-0.4, -0.2) is 46.5 Å². The highest BCUT2D eigenvalue weighted by atomic mass is 16.5. The summed E-state index contributed by atoms with van der Waals surface area (Å²) in [6.07, 6.45) is 4.83. The number of quaternary nitrogens is 1. The second-order valence-electron chi connectivity index (χ2n) is 7.16. The first kappa shape index (κ1) is 15.7. The Morgan fingerprint density at radius 1 is 1.08 bits per heavy atom. The summed E-state index contributed by atoms with van der Waals surface area (Å²) in [6, 6.07) is 6.37. The maximum absolute atomic E-state index is 5.60. The maximum atomic E-state index is 5.60. The monoisotopic (exact) mass is 328 g/mol. The van der Waals surface area contributed by atoms with E-state index in [4.69, 9.17) is 4.74 Å². The van der Waals surface area contributed by atoms with Gasteiger partial charge in [-0.2, -0.15) is 4.68 Å². The van der Waals surface area contributed by atoms with Gasteiger partial charge in [0.15, 0.2) is 5.54 Å². The number of ether oxygens (including phenoxy) is 1. The third kappa shape index (κ3) is 2.45. The van der Waals surface area contributed by atoms with Gasteiger partial charge in [0.25, 0.3) is 0 Å². The van der Waals surface area contributed by atoms with Crippen molar-refractivity contribution in [2.45, 2.75) is 45.1 Å². The van der Waals surface area contributed by atoms with Crippen LogP contribution in [0.1, 0.15) is 42.6 Å². The van der Waals surface area contributed by atoms with Gasteiger partial charge in [-0.3, -0.25) is 0 Å². The standard InChI is InChI=1S/C18H25N5O/c1-14-6-5-7-15(2)16(14)23-17(19-20-21-23)18(8-3-4-9-18)22-10-12-24-13-11-22/h5-7H,3-4,8-13H2,1-2H3/p+1. The van der Waals surface area contributed by atoms with E-state index in [1.165, 1.54) is 24.0 Å². The first-order chi connectivity index (χ1) is 11.7. The predicted molar refractivity (Wildman–Crippen MR) is 90.3 cm³/mol. The molecule has 0 radical (unpaired) electrons. The molecule has 1 aromatic heterocycles. The van der Waals surface area contributed by atoms with E-state index in [2.05, 4.69) is 47.6 Å². The maximum Gasteiger partial charge on any atom is 0.217 e. The van der Waals surface area contributed by atoms with Crippen LogP contribution in [0.5, 0.6) is 0 Å². The molecule has 1 aliphatic carbocycles. The van der Waals surface area contributed by atoms with Gasteiger partial charge in [0.1, 0.15) is 13.1 Å². The topological polar surface area (TPSA) is 57.3 Å². The van der Waals surface area contributed by atoms with E-state index < -0.39 is 0 Å². The minimum Gasteiger partial charge on any atom is -0.370 e. The second-order valence-corrected chi connectivity index (χ2v) is 7.16. The van der Waals surface area contributed by atoms with Gasteiger partial charge < -0.3 is 9.64 Å². The van der Waals surface area contributed by atoms with Crippen molar-refractivity contribution in [3.8, 4) is 5.69 Å². The number of benzene rings is 1. The Hall–Kier alpha value is -1.79. The van der Waals surface area contributed by atoms with E-state index in [0.29, 0.717) is 0 Å². The van der Waals surface area contributed by atoms with Crippen molar-refractivity contribution in [3.63, 3.8) is 0 Å². The fourth-order valence-corrected chi connectivity index (χ4v) is 4.59. The third-order valence-corrected chi connectivity index (χ3v) is 5.78. The van der Waals surface area contributed by atoms with Crippen LogP contribution in [-0.2, 0) is 10.3 Å². The molecule has 0 unspecified atom stereocenters. The Morgan fingerprint density at radius 2 is 1.75 bits per heavy atom. The predicted octanol–water partition coefficient (Wildman–Crippen LogP) is 0.964. The zero-order valence-corrected chi connectivity index (χ0v) is 14.6. The number of morpholine rings is 1. The summed E-state index contributed by atoms with van der Waals surface area (Å²) < 4.78 is 7.61. The minimum absolute atomic E-state index is 0.0298. The lowest BCUT2D eigenvalue weighted by molar-refractivity contribution is -0.968. The third-order valence-electron chi connectivity index (χ3n) is 5.78. The smallest absolute Gasteiger partial charge is 0.217 e. The number of tetrazole rings is 1. The Morgan fingerprint density at radius 3 is 2.42 bits per heavy atom. The lowest BCUT2D eigenvalue weighted by Crippen LogP contribution is -3.20. The van der Waals surface area contributed by atoms with E-state index in [1.54, 1.807) is 4.90 Å². The Balaban J connectivity index is 1.83. The van der Waals surface area contributed by atoms with Crippen LogP contribution in [0.2, 0.25) is 0 Å². The summed E-state index contributed by atoms with van der Waals surface area (Å²) >= 11 is 0.